The molecule has 0 radical (unpaired) electrons. The highest BCUT2D eigenvalue weighted by Crippen LogP contribution is 2.38. The van der Waals surface area contributed by atoms with Crippen LogP contribution in [-0.4, -0.2) is 41.6 Å². The zero-order valence-corrected chi connectivity index (χ0v) is 15.9. The molecule has 28 heavy (non-hydrogen) atoms. The SMILES string of the molecule is O=C(CCN1C(=O)[C@H]2CCCC[C@H]2C1=O)Nc1cccc(N2CCCC2=O)c1. The molecule has 7 nitrogen and oxygen atoms in total. The number of amides is 4. The van der Waals surface area contributed by atoms with Crippen LogP contribution in [0.25, 0.3) is 0 Å². The molecule has 2 heterocycles. The van der Waals surface area contributed by atoms with Crippen LogP contribution < -0.4 is 10.2 Å². The Balaban J connectivity index is 1.34. The molecule has 3 fully saturated rings. The zero-order valence-electron chi connectivity index (χ0n) is 15.9. The Kier molecular flexibility index (Phi) is 5.15. The molecule has 148 valence electrons. The van der Waals surface area contributed by atoms with Gasteiger partial charge in [-0.2, -0.15) is 0 Å². The molecule has 1 aromatic rings. The highest BCUT2D eigenvalue weighted by Gasteiger charge is 2.47. The van der Waals surface area contributed by atoms with Crippen molar-refractivity contribution >= 4 is 35.0 Å². The lowest BCUT2D eigenvalue weighted by Gasteiger charge is -2.19. The van der Waals surface area contributed by atoms with Crippen molar-refractivity contribution in [3.8, 4) is 0 Å². The number of nitrogens with zero attached hydrogens (tertiary/aromatic N) is 2. The summed E-state index contributed by atoms with van der Waals surface area (Å²) in [6.07, 6.45) is 5.00. The number of imide groups is 1. The van der Waals surface area contributed by atoms with Gasteiger partial charge in [-0.25, -0.2) is 0 Å². The Hall–Kier alpha value is -2.70. The lowest BCUT2D eigenvalue weighted by Crippen LogP contribution is -2.34. The molecule has 4 rings (SSSR count). The van der Waals surface area contributed by atoms with Gasteiger partial charge in [-0.15, -0.1) is 0 Å². The van der Waals surface area contributed by atoms with Gasteiger partial charge in [-0.3, -0.25) is 24.1 Å². The number of hydrogen-bond acceptors (Lipinski definition) is 4. The molecule has 1 N–H and O–H groups in total. The maximum Gasteiger partial charge on any atom is 0.233 e. The molecule has 0 spiro atoms. The predicted octanol–water partition coefficient (Wildman–Crippen LogP) is 2.32. The minimum Gasteiger partial charge on any atom is -0.326 e. The quantitative estimate of drug-likeness (QED) is 0.791. The third kappa shape index (κ3) is 3.53. The average molecular weight is 383 g/mol. The lowest BCUT2D eigenvalue weighted by molar-refractivity contribution is -0.140. The van der Waals surface area contributed by atoms with Gasteiger partial charge >= 0.3 is 0 Å². The number of hydrogen-bond donors (Lipinski definition) is 1. The van der Waals surface area contributed by atoms with Crippen LogP contribution in [0.15, 0.2) is 24.3 Å². The first-order chi connectivity index (χ1) is 13.5. The normalized spacial score (nSPS) is 24.6. The first kappa shape index (κ1) is 18.7. The van der Waals surface area contributed by atoms with Gasteiger partial charge in [0.25, 0.3) is 0 Å². The molecule has 1 aromatic carbocycles. The van der Waals surface area contributed by atoms with Crippen molar-refractivity contribution in [2.45, 2.75) is 44.9 Å². The van der Waals surface area contributed by atoms with Gasteiger partial charge in [0.05, 0.1) is 11.8 Å². The number of likely N-dealkylation sites (tertiary alicyclic amines) is 1. The van der Waals surface area contributed by atoms with E-state index in [2.05, 4.69) is 5.32 Å². The predicted molar refractivity (Wildman–Crippen MR) is 103 cm³/mol. The van der Waals surface area contributed by atoms with Crippen LogP contribution in [0.1, 0.15) is 44.9 Å². The van der Waals surface area contributed by atoms with Crippen LogP contribution in [0, 0.1) is 11.8 Å². The molecule has 7 heteroatoms. The van der Waals surface area contributed by atoms with Gasteiger partial charge < -0.3 is 10.2 Å². The summed E-state index contributed by atoms with van der Waals surface area (Å²) in [5.41, 5.74) is 1.38. The third-order valence-electron chi connectivity index (χ3n) is 6.01. The molecule has 1 saturated carbocycles. The summed E-state index contributed by atoms with van der Waals surface area (Å²) < 4.78 is 0. The van der Waals surface area contributed by atoms with Crippen molar-refractivity contribution in [1.29, 1.82) is 0 Å². The van der Waals surface area contributed by atoms with Crippen LogP contribution in [0.2, 0.25) is 0 Å². The average Bonchev–Trinajstić information content (AvgIpc) is 3.23. The van der Waals surface area contributed by atoms with Crippen LogP contribution in [0.4, 0.5) is 11.4 Å². The van der Waals surface area contributed by atoms with Crippen molar-refractivity contribution in [2.75, 3.05) is 23.3 Å². The summed E-state index contributed by atoms with van der Waals surface area (Å²) in [7, 11) is 0. The number of anilines is 2. The fourth-order valence-corrected chi connectivity index (χ4v) is 4.56. The second kappa shape index (κ2) is 7.73. The first-order valence-corrected chi connectivity index (χ1v) is 10.1. The second-order valence-corrected chi connectivity index (χ2v) is 7.82. The zero-order chi connectivity index (χ0) is 19.7. The van der Waals surface area contributed by atoms with E-state index in [1.165, 1.54) is 4.90 Å². The number of fused-ring (bicyclic) bond motifs is 1. The summed E-state index contributed by atoms with van der Waals surface area (Å²) in [4.78, 5) is 52.2. The highest BCUT2D eigenvalue weighted by atomic mass is 16.2. The number of carbonyl (C=O) groups excluding carboxylic acids is 4. The fourth-order valence-electron chi connectivity index (χ4n) is 4.56. The van der Waals surface area contributed by atoms with Crippen LogP contribution in [0.3, 0.4) is 0 Å². The van der Waals surface area contributed by atoms with E-state index in [1.54, 1.807) is 23.1 Å². The van der Waals surface area contributed by atoms with Crippen LogP contribution in [-0.2, 0) is 19.2 Å². The lowest BCUT2D eigenvalue weighted by atomic mass is 9.81. The summed E-state index contributed by atoms with van der Waals surface area (Å²) in [6.45, 7) is 0.818. The van der Waals surface area contributed by atoms with Crippen LogP contribution in [0.5, 0.6) is 0 Å². The van der Waals surface area contributed by atoms with Gasteiger partial charge in [0.15, 0.2) is 0 Å². The maximum atomic E-state index is 12.5. The Morgan fingerprint density at radius 2 is 1.75 bits per heavy atom. The van der Waals surface area contributed by atoms with Crippen LogP contribution >= 0.6 is 0 Å². The summed E-state index contributed by atoms with van der Waals surface area (Å²) in [6, 6.07) is 7.20. The third-order valence-corrected chi connectivity index (χ3v) is 6.01. The summed E-state index contributed by atoms with van der Waals surface area (Å²) in [5, 5.41) is 2.81. The number of carbonyl (C=O) groups is 4. The van der Waals surface area contributed by atoms with Gasteiger partial charge in [-0.05, 0) is 37.5 Å². The van der Waals surface area contributed by atoms with E-state index in [4.69, 9.17) is 0 Å². The molecular weight excluding hydrogens is 358 g/mol. The Bertz CT molecular complexity index is 798. The Labute approximate surface area is 164 Å². The molecule has 4 amide bonds. The minimum atomic E-state index is -0.250. The second-order valence-electron chi connectivity index (χ2n) is 7.82. The standard InChI is InChI=1S/C21H25N3O4/c25-18(10-12-24-20(27)16-7-1-2-8-17(16)21(24)28)22-14-5-3-6-15(13-14)23-11-4-9-19(23)26/h3,5-6,13,16-17H,1-2,4,7-12H2,(H,22,25)/t16-,17+. The smallest absolute Gasteiger partial charge is 0.233 e. The Morgan fingerprint density at radius 3 is 2.39 bits per heavy atom. The first-order valence-electron chi connectivity index (χ1n) is 10.1. The summed E-state index contributed by atoms with van der Waals surface area (Å²) in [5.74, 6) is -0.747. The molecule has 0 unspecified atom stereocenters. The molecule has 3 aliphatic rings. The van der Waals surface area contributed by atoms with Crippen molar-refractivity contribution < 1.29 is 19.2 Å². The number of benzene rings is 1. The molecular formula is C21H25N3O4. The van der Waals surface area contributed by atoms with Gasteiger partial charge in [0.2, 0.25) is 23.6 Å². The van der Waals surface area contributed by atoms with Gasteiger partial charge in [0, 0.05) is 37.3 Å². The minimum absolute atomic E-state index is 0.0732. The van der Waals surface area contributed by atoms with E-state index in [0.717, 1.165) is 37.8 Å². The van der Waals surface area contributed by atoms with Crippen molar-refractivity contribution in [3.63, 3.8) is 0 Å². The van der Waals surface area contributed by atoms with E-state index < -0.39 is 0 Å². The van der Waals surface area contributed by atoms with E-state index in [9.17, 15) is 19.2 Å². The van der Waals surface area contributed by atoms with Gasteiger partial charge in [-0.1, -0.05) is 18.9 Å². The molecule has 2 aliphatic heterocycles. The summed E-state index contributed by atoms with van der Waals surface area (Å²) >= 11 is 0. The largest absolute Gasteiger partial charge is 0.326 e. The maximum absolute atomic E-state index is 12.5. The molecule has 2 saturated heterocycles. The number of rotatable bonds is 5. The van der Waals surface area contributed by atoms with Crippen molar-refractivity contribution in [1.82, 2.24) is 4.90 Å². The number of nitrogens with one attached hydrogen (secondary N) is 1. The monoisotopic (exact) mass is 383 g/mol. The Morgan fingerprint density at radius 1 is 1.04 bits per heavy atom. The molecule has 1 aliphatic carbocycles. The topological polar surface area (TPSA) is 86.8 Å². The molecule has 2 atom stereocenters. The fraction of sp³-hybridized carbons (Fsp3) is 0.524. The van der Waals surface area contributed by atoms with E-state index in [1.807, 2.05) is 6.07 Å². The van der Waals surface area contributed by atoms with Gasteiger partial charge in [0.1, 0.15) is 0 Å². The van der Waals surface area contributed by atoms with Crippen molar-refractivity contribution in [3.05, 3.63) is 24.3 Å². The van der Waals surface area contributed by atoms with Crippen molar-refractivity contribution in [2.24, 2.45) is 11.8 Å². The van der Waals surface area contributed by atoms with E-state index in [-0.39, 0.29) is 48.4 Å². The highest BCUT2D eigenvalue weighted by molar-refractivity contribution is 6.05. The molecule has 0 aromatic heterocycles. The van der Waals surface area contributed by atoms with E-state index >= 15 is 0 Å². The van der Waals surface area contributed by atoms with E-state index in [0.29, 0.717) is 18.7 Å². The molecule has 0 bridgehead atoms.